The molecular weight excluding hydrogens is 236 g/mol. The van der Waals surface area contributed by atoms with E-state index >= 15 is 0 Å². The van der Waals surface area contributed by atoms with Crippen LogP contribution in [0.1, 0.15) is 44.8 Å². The molecule has 0 aromatic carbocycles. The molecule has 2 rings (SSSR count). The second kappa shape index (κ2) is 7.06. The van der Waals surface area contributed by atoms with Crippen LogP contribution in [0.4, 0.5) is 0 Å². The lowest BCUT2D eigenvalue weighted by atomic mass is 9.98. The van der Waals surface area contributed by atoms with Crippen LogP contribution in [-0.2, 0) is 6.54 Å². The number of rotatable bonds is 6. The third-order valence-corrected chi connectivity index (χ3v) is 4.19. The summed E-state index contributed by atoms with van der Waals surface area (Å²) in [6, 6.07) is 2.68. The Balaban J connectivity index is 1.88. The van der Waals surface area contributed by atoms with Gasteiger partial charge in [-0.1, -0.05) is 6.92 Å². The van der Waals surface area contributed by atoms with E-state index < -0.39 is 0 Å². The van der Waals surface area contributed by atoms with Crippen molar-refractivity contribution in [1.82, 2.24) is 20.0 Å². The Hall–Kier alpha value is -0.870. The van der Waals surface area contributed by atoms with Gasteiger partial charge in [0.1, 0.15) is 0 Å². The topological polar surface area (TPSA) is 33.1 Å². The average molecular weight is 264 g/mol. The predicted octanol–water partition coefficient (Wildman–Crippen LogP) is 2.29. The van der Waals surface area contributed by atoms with Crippen molar-refractivity contribution in [1.29, 1.82) is 0 Å². The molecule has 1 aliphatic rings. The van der Waals surface area contributed by atoms with Gasteiger partial charge in [-0.25, -0.2) is 0 Å². The maximum atomic E-state index is 4.71. The van der Waals surface area contributed by atoms with E-state index in [0.717, 1.165) is 25.4 Å². The van der Waals surface area contributed by atoms with Crippen molar-refractivity contribution in [3.05, 3.63) is 18.0 Å². The predicted molar refractivity (Wildman–Crippen MR) is 79.2 cm³/mol. The lowest BCUT2D eigenvalue weighted by molar-refractivity contribution is 0.164. The summed E-state index contributed by atoms with van der Waals surface area (Å²) < 4.78 is 2.10. The van der Waals surface area contributed by atoms with Crippen molar-refractivity contribution in [2.45, 2.75) is 45.7 Å². The highest BCUT2D eigenvalue weighted by atomic mass is 15.3. The summed E-state index contributed by atoms with van der Waals surface area (Å²) in [4.78, 5) is 2.55. The minimum Gasteiger partial charge on any atom is -0.319 e. The minimum absolute atomic E-state index is 0.507. The molecule has 1 aromatic rings. The van der Waals surface area contributed by atoms with Crippen LogP contribution in [0.3, 0.4) is 0 Å². The van der Waals surface area contributed by atoms with Crippen LogP contribution in [-0.4, -0.2) is 41.4 Å². The molecule has 1 N–H and O–H groups in total. The zero-order chi connectivity index (χ0) is 13.7. The van der Waals surface area contributed by atoms with Crippen molar-refractivity contribution in [2.24, 2.45) is 5.92 Å². The molecule has 0 saturated carbocycles. The van der Waals surface area contributed by atoms with E-state index in [4.69, 9.17) is 5.10 Å². The number of likely N-dealkylation sites (tertiary alicyclic amines) is 1. The Labute approximate surface area is 117 Å². The molecule has 4 nitrogen and oxygen atoms in total. The Morgan fingerprint density at radius 2 is 2.37 bits per heavy atom. The first-order chi connectivity index (χ1) is 9.22. The van der Waals surface area contributed by atoms with Crippen LogP contribution < -0.4 is 5.32 Å². The van der Waals surface area contributed by atoms with Crippen molar-refractivity contribution in [3.63, 3.8) is 0 Å². The average Bonchev–Trinajstić information content (AvgIpc) is 2.87. The van der Waals surface area contributed by atoms with E-state index in [1.807, 2.05) is 7.05 Å². The number of nitrogens with zero attached hydrogens (tertiary/aromatic N) is 3. The lowest BCUT2D eigenvalue weighted by Gasteiger charge is -2.32. The molecule has 2 unspecified atom stereocenters. The maximum Gasteiger partial charge on any atom is 0.0764 e. The molecule has 1 fully saturated rings. The smallest absolute Gasteiger partial charge is 0.0764 e. The van der Waals surface area contributed by atoms with E-state index in [0.29, 0.717) is 6.04 Å². The normalized spacial score (nSPS) is 22.6. The first-order valence-corrected chi connectivity index (χ1v) is 7.64. The van der Waals surface area contributed by atoms with Gasteiger partial charge in [0.2, 0.25) is 0 Å². The highest BCUT2D eigenvalue weighted by Gasteiger charge is 2.20. The first-order valence-electron chi connectivity index (χ1n) is 7.64. The van der Waals surface area contributed by atoms with E-state index in [1.165, 1.54) is 31.6 Å². The highest BCUT2D eigenvalue weighted by Crippen LogP contribution is 2.18. The fourth-order valence-corrected chi connectivity index (χ4v) is 2.87. The van der Waals surface area contributed by atoms with Gasteiger partial charge >= 0.3 is 0 Å². The number of nitrogens with one attached hydrogen (secondary N) is 1. The quantitative estimate of drug-likeness (QED) is 0.856. The largest absolute Gasteiger partial charge is 0.319 e. The lowest BCUT2D eigenvalue weighted by Crippen LogP contribution is -2.38. The molecule has 19 heavy (non-hydrogen) atoms. The SMILES string of the molecule is CCC(C)n1ccc(CN2CCCC(CNC)C2)n1. The van der Waals surface area contributed by atoms with Gasteiger partial charge in [-0.05, 0) is 58.3 Å². The highest BCUT2D eigenvalue weighted by molar-refractivity contribution is 5.00. The fraction of sp³-hybridized carbons (Fsp3) is 0.800. The molecule has 1 aromatic heterocycles. The van der Waals surface area contributed by atoms with Gasteiger partial charge in [-0.15, -0.1) is 0 Å². The Bertz CT molecular complexity index is 372. The summed E-state index contributed by atoms with van der Waals surface area (Å²) in [6.07, 6.45) is 5.94. The van der Waals surface area contributed by atoms with Crippen LogP contribution in [0.25, 0.3) is 0 Å². The van der Waals surface area contributed by atoms with Gasteiger partial charge in [-0.3, -0.25) is 9.58 Å². The molecule has 4 heteroatoms. The van der Waals surface area contributed by atoms with Gasteiger partial charge in [0.05, 0.1) is 5.69 Å². The van der Waals surface area contributed by atoms with Gasteiger partial charge in [0, 0.05) is 25.3 Å². The van der Waals surface area contributed by atoms with Gasteiger partial charge in [0.15, 0.2) is 0 Å². The summed E-state index contributed by atoms with van der Waals surface area (Å²) in [5.74, 6) is 0.801. The second-order valence-corrected chi connectivity index (χ2v) is 5.85. The first kappa shape index (κ1) is 14.5. The van der Waals surface area contributed by atoms with Crippen LogP contribution in [0, 0.1) is 5.92 Å². The van der Waals surface area contributed by atoms with E-state index in [2.05, 4.69) is 41.0 Å². The monoisotopic (exact) mass is 264 g/mol. The van der Waals surface area contributed by atoms with Crippen molar-refractivity contribution >= 4 is 0 Å². The Morgan fingerprint density at radius 3 is 3.11 bits per heavy atom. The fourth-order valence-electron chi connectivity index (χ4n) is 2.87. The Morgan fingerprint density at radius 1 is 1.53 bits per heavy atom. The molecule has 0 amide bonds. The molecule has 0 spiro atoms. The summed E-state index contributed by atoms with van der Waals surface area (Å²) in [6.45, 7) is 8.99. The summed E-state index contributed by atoms with van der Waals surface area (Å²) in [5.41, 5.74) is 1.21. The molecule has 2 heterocycles. The van der Waals surface area contributed by atoms with Crippen LogP contribution in [0.2, 0.25) is 0 Å². The third-order valence-electron chi connectivity index (χ3n) is 4.19. The molecule has 1 saturated heterocycles. The molecule has 0 bridgehead atoms. The van der Waals surface area contributed by atoms with Crippen molar-refractivity contribution in [2.75, 3.05) is 26.7 Å². The minimum atomic E-state index is 0.507. The van der Waals surface area contributed by atoms with Crippen LogP contribution in [0.15, 0.2) is 12.3 Å². The van der Waals surface area contributed by atoms with E-state index in [9.17, 15) is 0 Å². The molecule has 2 atom stereocenters. The number of hydrogen-bond acceptors (Lipinski definition) is 3. The zero-order valence-corrected chi connectivity index (χ0v) is 12.6. The van der Waals surface area contributed by atoms with E-state index in [1.54, 1.807) is 0 Å². The molecule has 0 aliphatic carbocycles. The summed E-state index contributed by atoms with van der Waals surface area (Å²) in [7, 11) is 2.05. The third kappa shape index (κ3) is 4.05. The van der Waals surface area contributed by atoms with Gasteiger partial charge < -0.3 is 5.32 Å². The van der Waals surface area contributed by atoms with Gasteiger partial charge in [0.25, 0.3) is 0 Å². The second-order valence-electron chi connectivity index (χ2n) is 5.85. The molecule has 108 valence electrons. The number of aromatic nitrogens is 2. The van der Waals surface area contributed by atoms with Crippen molar-refractivity contribution < 1.29 is 0 Å². The van der Waals surface area contributed by atoms with Crippen LogP contribution in [0.5, 0.6) is 0 Å². The number of piperidine rings is 1. The standard InChI is InChI=1S/C15H28N4/c1-4-13(2)19-9-7-15(17-19)12-18-8-5-6-14(11-18)10-16-3/h7,9,13-14,16H,4-6,8,10-12H2,1-3H3. The van der Waals surface area contributed by atoms with Crippen LogP contribution >= 0.6 is 0 Å². The molecular formula is C15H28N4. The molecule has 1 aliphatic heterocycles. The van der Waals surface area contributed by atoms with Gasteiger partial charge in [-0.2, -0.15) is 5.10 Å². The summed E-state index contributed by atoms with van der Waals surface area (Å²) in [5, 5.41) is 8.01. The summed E-state index contributed by atoms with van der Waals surface area (Å²) >= 11 is 0. The van der Waals surface area contributed by atoms with Crippen molar-refractivity contribution in [3.8, 4) is 0 Å². The zero-order valence-electron chi connectivity index (χ0n) is 12.6. The maximum absolute atomic E-state index is 4.71. The molecule has 0 radical (unpaired) electrons. The Kier molecular flexibility index (Phi) is 5.40. The number of hydrogen-bond donors (Lipinski definition) is 1. The van der Waals surface area contributed by atoms with E-state index in [-0.39, 0.29) is 0 Å².